The van der Waals surface area contributed by atoms with E-state index in [9.17, 15) is 9.90 Å². The minimum atomic E-state index is -0.873. The second-order valence-corrected chi connectivity index (χ2v) is 5.59. The monoisotopic (exact) mass is 282 g/mol. The molecule has 1 aliphatic carbocycles. The van der Waals surface area contributed by atoms with Crippen molar-refractivity contribution >= 4 is 17.6 Å². The summed E-state index contributed by atoms with van der Waals surface area (Å²) in [7, 11) is 0. The predicted octanol–water partition coefficient (Wildman–Crippen LogP) is 3.27. The van der Waals surface area contributed by atoms with Crippen LogP contribution in [0.5, 0.6) is 11.5 Å². The molecule has 1 aromatic rings. The fourth-order valence-corrected chi connectivity index (χ4v) is 3.74. The molecule has 1 fully saturated rings. The van der Waals surface area contributed by atoms with Crippen molar-refractivity contribution in [2.75, 3.05) is 6.79 Å². The molecule has 19 heavy (non-hydrogen) atoms. The molecular weight excluding hydrogens is 268 g/mol. The van der Waals surface area contributed by atoms with Crippen LogP contribution in [0, 0.1) is 6.92 Å². The van der Waals surface area contributed by atoms with Gasteiger partial charge in [-0.15, -0.1) is 0 Å². The molecule has 0 unspecified atom stereocenters. The first-order valence-electron chi connectivity index (χ1n) is 6.39. The quantitative estimate of drug-likeness (QED) is 0.904. The number of halogens is 1. The fraction of sp³-hybridized carbons (Fsp3) is 0.500. The smallest absolute Gasteiger partial charge is 0.314 e. The highest BCUT2D eigenvalue weighted by atomic mass is 35.5. The van der Waals surface area contributed by atoms with E-state index < -0.39 is 11.4 Å². The maximum Gasteiger partial charge on any atom is 0.314 e. The molecule has 0 atom stereocenters. The molecule has 102 valence electrons. The zero-order valence-electron chi connectivity index (χ0n) is 10.7. The molecule has 1 aliphatic heterocycles. The summed E-state index contributed by atoms with van der Waals surface area (Å²) in [4.78, 5) is 11.8. The largest absolute Gasteiger partial charge is 0.481 e. The van der Waals surface area contributed by atoms with Crippen LogP contribution in [-0.4, -0.2) is 17.9 Å². The Labute approximate surface area is 116 Å². The fourth-order valence-electron chi connectivity index (χ4n) is 3.26. The maximum atomic E-state index is 11.8. The normalized spacial score (nSPS) is 19.7. The minimum absolute atomic E-state index is 0.137. The Bertz CT molecular complexity index is 547. The Hall–Kier alpha value is -1.42. The van der Waals surface area contributed by atoms with Gasteiger partial charge in [0, 0.05) is 0 Å². The van der Waals surface area contributed by atoms with Gasteiger partial charge in [0.05, 0.1) is 10.4 Å². The highest BCUT2D eigenvalue weighted by molar-refractivity contribution is 6.33. The molecule has 2 aliphatic rings. The number of carboxylic acids is 1. The number of fused-ring (bicyclic) bond motifs is 1. The van der Waals surface area contributed by atoms with Gasteiger partial charge >= 0.3 is 5.97 Å². The molecule has 1 heterocycles. The average Bonchev–Trinajstić information content (AvgIpc) is 2.97. The van der Waals surface area contributed by atoms with Crippen molar-refractivity contribution in [1.29, 1.82) is 0 Å². The van der Waals surface area contributed by atoms with E-state index in [0.29, 0.717) is 34.9 Å². The number of benzene rings is 1. The van der Waals surface area contributed by atoms with Gasteiger partial charge in [0.15, 0.2) is 11.5 Å². The van der Waals surface area contributed by atoms with E-state index in [1.165, 1.54) is 0 Å². The van der Waals surface area contributed by atoms with Crippen molar-refractivity contribution in [2.24, 2.45) is 0 Å². The van der Waals surface area contributed by atoms with Crippen LogP contribution < -0.4 is 9.47 Å². The number of aliphatic carboxylic acids is 1. The summed E-state index contributed by atoms with van der Waals surface area (Å²) in [6, 6.07) is 1.83. The molecule has 0 aromatic heterocycles. The number of aryl methyl sites for hydroxylation is 1. The van der Waals surface area contributed by atoms with Crippen LogP contribution in [0.4, 0.5) is 0 Å². The molecule has 0 spiro atoms. The van der Waals surface area contributed by atoms with Gasteiger partial charge in [-0.25, -0.2) is 0 Å². The first-order chi connectivity index (χ1) is 9.06. The van der Waals surface area contributed by atoms with Crippen molar-refractivity contribution in [3.8, 4) is 11.5 Å². The van der Waals surface area contributed by atoms with Crippen LogP contribution in [-0.2, 0) is 10.2 Å². The Morgan fingerprint density at radius 1 is 1.37 bits per heavy atom. The van der Waals surface area contributed by atoms with Gasteiger partial charge in [0.25, 0.3) is 0 Å². The van der Waals surface area contributed by atoms with E-state index in [1.54, 1.807) is 0 Å². The second-order valence-electron chi connectivity index (χ2n) is 5.21. The van der Waals surface area contributed by atoms with Crippen molar-refractivity contribution in [3.63, 3.8) is 0 Å². The topological polar surface area (TPSA) is 55.8 Å². The maximum absolute atomic E-state index is 11.8. The summed E-state index contributed by atoms with van der Waals surface area (Å²) in [5.74, 6) is 0.286. The summed E-state index contributed by atoms with van der Waals surface area (Å²) in [6.45, 7) is 2.02. The SMILES string of the molecule is Cc1cc2c(c(Cl)c1C1(C(=O)O)CCCC1)OCO2. The van der Waals surface area contributed by atoms with E-state index in [4.69, 9.17) is 21.1 Å². The molecule has 0 saturated heterocycles. The minimum Gasteiger partial charge on any atom is -0.481 e. The van der Waals surface area contributed by atoms with Crippen molar-refractivity contribution in [2.45, 2.75) is 38.0 Å². The lowest BCUT2D eigenvalue weighted by Gasteiger charge is -2.27. The van der Waals surface area contributed by atoms with Gasteiger partial charge in [-0.2, -0.15) is 0 Å². The summed E-state index contributed by atoms with van der Waals surface area (Å²) < 4.78 is 10.7. The van der Waals surface area contributed by atoms with Crippen molar-refractivity contribution in [1.82, 2.24) is 0 Å². The number of carboxylic acid groups (broad SMARTS) is 1. The molecule has 0 bridgehead atoms. The number of hydrogen-bond donors (Lipinski definition) is 1. The van der Waals surface area contributed by atoms with Crippen LogP contribution in [0.1, 0.15) is 36.8 Å². The molecular formula is C14H15ClO4. The van der Waals surface area contributed by atoms with E-state index in [0.717, 1.165) is 18.4 Å². The lowest BCUT2D eigenvalue weighted by atomic mass is 9.76. The standard InChI is InChI=1S/C14H15ClO4/c1-8-6-9-12(19-7-18-9)11(15)10(8)14(13(16)17)4-2-3-5-14/h6H,2-5,7H2,1H3,(H,16,17). The third-order valence-corrected chi connectivity index (χ3v) is 4.51. The Balaban J connectivity index is 2.22. The highest BCUT2D eigenvalue weighted by Gasteiger charge is 2.46. The molecule has 3 rings (SSSR count). The Kier molecular flexibility index (Phi) is 2.86. The first-order valence-corrected chi connectivity index (χ1v) is 6.76. The van der Waals surface area contributed by atoms with Crippen LogP contribution in [0.15, 0.2) is 6.07 Å². The van der Waals surface area contributed by atoms with E-state index >= 15 is 0 Å². The van der Waals surface area contributed by atoms with Crippen molar-refractivity contribution < 1.29 is 19.4 Å². The Morgan fingerprint density at radius 3 is 2.68 bits per heavy atom. The highest BCUT2D eigenvalue weighted by Crippen LogP contribution is 2.51. The number of ether oxygens (including phenoxy) is 2. The van der Waals surface area contributed by atoms with Gasteiger partial charge in [-0.05, 0) is 37.0 Å². The second kappa shape index (κ2) is 4.30. The molecule has 0 radical (unpaired) electrons. The summed E-state index contributed by atoms with van der Waals surface area (Å²) >= 11 is 6.40. The summed E-state index contributed by atoms with van der Waals surface area (Å²) in [5, 5.41) is 10.1. The number of hydrogen-bond acceptors (Lipinski definition) is 3. The van der Waals surface area contributed by atoms with Crippen LogP contribution in [0.2, 0.25) is 5.02 Å². The number of rotatable bonds is 2. The third kappa shape index (κ3) is 1.70. The van der Waals surface area contributed by atoms with Gasteiger partial charge < -0.3 is 14.6 Å². The zero-order valence-corrected chi connectivity index (χ0v) is 11.4. The molecule has 0 amide bonds. The lowest BCUT2D eigenvalue weighted by Crippen LogP contribution is -2.33. The van der Waals surface area contributed by atoms with Gasteiger partial charge in [-0.1, -0.05) is 24.4 Å². The van der Waals surface area contributed by atoms with Crippen LogP contribution in [0.3, 0.4) is 0 Å². The van der Waals surface area contributed by atoms with Crippen LogP contribution >= 0.6 is 11.6 Å². The van der Waals surface area contributed by atoms with Crippen LogP contribution in [0.25, 0.3) is 0 Å². The lowest BCUT2D eigenvalue weighted by molar-refractivity contribution is -0.143. The van der Waals surface area contributed by atoms with E-state index in [2.05, 4.69) is 0 Å². The van der Waals surface area contributed by atoms with Crippen molar-refractivity contribution in [3.05, 3.63) is 22.2 Å². The Morgan fingerprint density at radius 2 is 2.05 bits per heavy atom. The van der Waals surface area contributed by atoms with E-state index in [-0.39, 0.29) is 6.79 Å². The van der Waals surface area contributed by atoms with Gasteiger partial charge in [-0.3, -0.25) is 4.79 Å². The summed E-state index contributed by atoms with van der Waals surface area (Å²) in [5.41, 5.74) is 0.685. The molecule has 1 N–H and O–H groups in total. The molecule has 1 aromatic carbocycles. The van der Waals surface area contributed by atoms with Gasteiger partial charge in [0.2, 0.25) is 6.79 Å². The molecule has 1 saturated carbocycles. The van der Waals surface area contributed by atoms with E-state index in [1.807, 2.05) is 13.0 Å². The summed E-state index contributed by atoms with van der Waals surface area (Å²) in [6.07, 6.45) is 3.08. The predicted molar refractivity (Wildman–Crippen MR) is 70.1 cm³/mol. The average molecular weight is 283 g/mol. The zero-order chi connectivity index (χ0) is 13.6. The van der Waals surface area contributed by atoms with Gasteiger partial charge in [0.1, 0.15) is 0 Å². The first kappa shape index (κ1) is 12.6. The third-order valence-electron chi connectivity index (χ3n) is 4.15. The number of carbonyl (C=O) groups is 1. The molecule has 5 heteroatoms. The molecule has 4 nitrogen and oxygen atoms in total.